The first-order valence-electron chi connectivity index (χ1n) is 5.55. The van der Waals surface area contributed by atoms with E-state index in [0.717, 1.165) is 24.3 Å². The summed E-state index contributed by atoms with van der Waals surface area (Å²) in [7, 11) is 2.34. The second kappa shape index (κ2) is 5.40. The largest absolute Gasteiger partial charge is 0.494 e. The molecule has 0 aliphatic heterocycles. The van der Waals surface area contributed by atoms with E-state index in [-0.39, 0.29) is 11.5 Å². The Kier molecular flexibility index (Phi) is 3.83. The van der Waals surface area contributed by atoms with Gasteiger partial charge < -0.3 is 9.47 Å². The molecule has 0 unspecified atom stereocenters. The maximum atomic E-state index is 13.9. The fraction of sp³-hybridized carbons (Fsp3) is 0.143. The quantitative estimate of drug-likeness (QED) is 0.796. The van der Waals surface area contributed by atoms with E-state index in [4.69, 9.17) is 0 Å². The fourth-order valence-electron chi connectivity index (χ4n) is 1.79. The van der Waals surface area contributed by atoms with Crippen LogP contribution in [-0.2, 0) is 0 Å². The lowest BCUT2D eigenvalue weighted by atomic mass is 10.0. The predicted molar refractivity (Wildman–Crippen MR) is 64.8 cm³/mol. The number of halogens is 4. The normalized spacial score (nSPS) is 10.5. The first-order valence-corrected chi connectivity index (χ1v) is 5.55. The van der Waals surface area contributed by atoms with Crippen LogP contribution in [0.4, 0.5) is 17.6 Å². The first kappa shape index (κ1) is 14.2. The van der Waals surface area contributed by atoms with Gasteiger partial charge >= 0.3 is 0 Å². The predicted octanol–water partition coefficient (Wildman–Crippen LogP) is 3.93. The molecule has 20 heavy (non-hydrogen) atoms. The van der Waals surface area contributed by atoms with E-state index in [1.54, 1.807) is 0 Å². The summed E-state index contributed by atoms with van der Waals surface area (Å²) in [5.41, 5.74) is -0.801. The molecule has 2 aromatic rings. The summed E-state index contributed by atoms with van der Waals surface area (Å²) in [5.74, 6) is -5.79. The Morgan fingerprint density at radius 1 is 0.600 bits per heavy atom. The SMILES string of the molecule is COc1ccc(-c2ccc(OC)c(F)c2F)c(F)c1F. The van der Waals surface area contributed by atoms with Crippen molar-refractivity contribution < 1.29 is 27.0 Å². The Bertz CT molecular complexity index is 599. The van der Waals surface area contributed by atoms with Gasteiger partial charge in [-0.05, 0) is 24.3 Å². The van der Waals surface area contributed by atoms with Crippen molar-refractivity contribution in [3.05, 3.63) is 47.5 Å². The van der Waals surface area contributed by atoms with Gasteiger partial charge in [-0.15, -0.1) is 0 Å². The Morgan fingerprint density at radius 2 is 0.950 bits per heavy atom. The van der Waals surface area contributed by atoms with E-state index in [0.29, 0.717) is 0 Å². The van der Waals surface area contributed by atoms with E-state index in [9.17, 15) is 17.6 Å². The van der Waals surface area contributed by atoms with Gasteiger partial charge in [0.2, 0.25) is 11.6 Å². The molecule has 2 nitrogen and oxygen atoms in total. The summed E-state index contributed by atoms with van der Waals surface area (Å²) >= 11 is 0. The fourth-order valence-corrected chi connectivity index (χ4v) is 1.79. The number of hydrogen-bond acceptors (Lipinski definition) is 2. The highest BCUT2D eigenvalue weighted by Gasteiger charge is 2.21. The Morgan fingerprint density at radius 3 is 1.25 bits per heavy atom. The van der Waals surface area contributed by atoms with Crippen molar-refractivity contribution >= 4 is 0 Å². The molecule has 0 fully saturated rings. The van der Waals surface area contributed by atoms with Crippen molar-refractivity contribution in [1.29, 1.82) is 0 Å². The van der Waals surface area contributed by atoms with Crippen LogP contribution in [0.3, 0.4) is 0 Å². The molecule has 0 saturated carbocycles. The van der Waals surface area contributed by atoms with E-state index < -0.39 is 34.4 Å². The zero-order chi connectivity index (χ0) is 14.9. The van der Waals surface area contributed by atoms with Crippen LogP contribution in [0.25, 0.3) is 11.1 Å². The standard InChI is InChI=1S/C14H10F4O2/c1-19-9-5-3-7(11(15)13(9)17)8-4-6-10(20-2)14(18)12(8)16/h3-6H,1-2H3. The van der Waals surface area contributed by atoms with Crippen molar-refractivity contribution in [3.63, 3.8) is 0 Å². The van der Waals surface area contributed by atoms with Gasteiger partial charge in [0.25, 0.3) is 0 Å². The minimum Gasteiger partial charge on any atom is -0.494 e. The molecular formula is C14H10F4O2. The summed E-state index contributed by atoms with van der Waals surface area (Å²) in [5, 5.41) is 0. The van der Waals surface area contributed by atoms with Crippen LogP contribution in [0.2, 0.25) is 0 Å². The molecule has 0 aromatic heterocycles. The lowest BCUT2D eigenvalue weighted by Crippen LogP contribution is -1.99. The molecule has 6 heteroatoms. The zero-order valence-electron chi connectivity index (χ0n) is 10.6. The summed E-state index contributed by atoms with van der Waals surface area (Å²) < 4.78 is 64.1. The summed E-state index contributed by atoms with van der Waals surface area (Å²) in [6.07, 6.45) is 0. The van der Waals surface area contributed by atoms with Gasteiger partial charge in [-0.2, -0.15) is 8.78 Å². The monoisotopic (exact) mass is 286 g/mol. The maximum Gasteiger partial charge on any atom is 0.201 e. The lowest BCUT2D eigenvalue weighted by Gasteiger charge is -2.10. The zero-order valence-corrected chi connectivity index (χ0v) is 10.6. The van der Waals surface area contributed by atoms with Crippen LogP contribution in [0, 0.1) is 23.3 Å². The molecule has 0 aliphatic carbocycles. The molecule has 0 spiro atoms. The third-order valence-corrected chi connectivity index (χ3v) is 2.82. The summed E-state index contributed by atoms with van der Waals surface area (Å²) in [6, 6.07) is 4.49. The number of methoxy groups -OCH3 is 2. The topological polar surface area (TPSA) is 18.5 Å². The van der Waals surface area contributed by atoms with Crippen LogP contribution < -0.4 is 9.47 Å². The van der Waals surface area contributed by atoms with Crippen molar-refractivity contribution in [2.45, 2.75) is 0 Å². The van der Waals surface area contributed by atoms with E-state index >= 15 is 0 Å². The molecule has 0 amide bonds. The van der Waals surface area contributed by atoms with Crippen molar-refractivity contribution in [2.75, 3.05) is 14.2 Å². The number of benzene rings is 2. The van der Waals surface area contributed by atoms with Gasteiger partial charge in [0.15, 0.2) is 23.1 Å². The van der Waals surface area contributed by atoms with Gasteiger partial charge in [0.05, 0.1) is 14.2 Å². The van der Waals surface area contributed by atoms with Crippen molar-refractivity contribution in [1.82, 2.24) is 0 Å². The summed E-state index contributed by atoms with van der Waals surface area (Å²) in [6.45, 7) is 0. The second-order valence-electron chi connectivity index (χ2n) is 3.89. The maximum absolute atomic E-state index is 13.9. The molecule has 0 heterocycles. The smallest absolute Gasteiger partial charge is 0.201 e. The molecule has 0 aliphatic rings. The molecule has 0 saturated heterocycles. The number of rotatable bonds is 3. The molecule has 0 atom stereocenters. The van der Waals surface area contributed by atoms with Gasteiger partial charge in [0.1, 0.15) is 0 Å². The van der Waals surface area contributed by atoms with Crippen molar-refractivity contribution in [2.24, 2.45) is 0 Å². The molecular weight excluding hydrogens is 276 g/mol. The van der Waals surface area contributed by atoms with Gasteiger partial charge in [0, 0.05) is 11.1 Å². The number of ether oxygens (including phenoxy) is 2. The van der Waals surface area contributed by atoms with Gasteiger partial charge in [-0.1, -0.05) is 0 Å². The molecule has 106 valence electrons. The van der Waals surface area contributed by atoms with Gasteiger partial charge in [-0.25, -0.2) is 8.78 Å². The first-order chi connectivity index (χ1) is 9.51. The molecule has 0 radical (unpaired) electrons. The molecule has 2 aromatic carbocycles. The Hall–Kier alpha value is -2.24. The minimum absolute atomic E-state index is 0.319. The average molecular weight is 286 g/mol. The van der Waals surface area contributed by atoms with E-state index in [1.807, 2.05) is 0 Å². The van der Waals surface area contributed by atoms with Crippen LogP contribution in [-0.4, -0.2) is 14.2 Å². The Labute approximate surface area is 112 Å². The van der Waals surface area contributed by atoms with Crippen LogP contribution in [0.1, 0.15) is 0 Å². The highest BCUT2D eigenvalue weighted by molar-refractivity contribution is 5.67. The van der Waals surface area contributed by atoms with Crippen LogP contribution >= 0.6 is 0 Å². The van der Waals surface area contributed by atoms with E-state index in [1.165, 1.54) is 14.2 Å². The third kappa shape index (κ3) is 2.17. The second-order valence-corrected chi connectivity index (χ2v) is 3.89. The number of hydrogen-bond donors (Lipinski definition) is 0. The van der Waals surface area contributed by atoms with Crippen LogP contribution in [0.15, 0.2) is 24.3 Å². The van der Waals surface area contributed by atoms with Crippen molar-refractivity contribution in [3.8, 4) is 22.6 Å². The average Bonchev–Trinajstić information content (AvgIpc) is 2.45. The van der Waals surface area contributed by atoms with Gasteiger partial charge in [-0.3, -0.25) is 0 Å². The van der Waals surface area contributed by atoms with Crippen LogP contribution in [0.5, 0.6) is 11.5 Å². The molecule has 0 bridgehead atoms. The lowest BCUT2D eigenvalue weighted by molar-refractivity contribution is 0.370. The third-order valence-electron chi connectivity index (χ3n) is 2.82. The van der Waals surface area contributed by atoms with E-state index in [2.05, 4.69) is 9.47 Å². The Balaban J connectivity index is 2.64. The molecule has 0 N–H and O–H groups in total. The summed E-state index contributed by atoms with van der Waals surface area (Å²) in [4.78, 5) is 0. The molecule has 2 rings (SSSR count). The highest BCUT2D eigenvalue weighted by atomic mass is 19.2. The minimum atomic E-state index is -1.31. The highest BCUT2D eigenvalue weighted by Crippen LogP contribution is 2.34.